The van der Waals surface area contributed by atoms with E-state index in [0.717, 1.165) is 0 Å². The molecule has 2 heterocycles. The SMILES string of the molecule is Cc1[nH]c2c3ccccc3n(C)c2c1-c1ccccc1. The number of nitrogens with one attached hydrogen (secondary N) is 1. The lowest BCUT2D eigenvalue weighted by Crippen LogP contribution is -1.89. The van der Waals surface area contributed by atoms with Crippen LogP contribution in [-0.4, -0.2) is 9.55 Å². The van der Waals surface area contributed by atoms with Crippen LogP contribution < -0.4 is 0 Å². The first-order valence-corrected chi connectivity index (χ1v) is 6.88. The molecule has 0 aliphatic carbocycles. The molecule has 0 fully saturated rings. The summed E-state index contributed by atoms with van der Waals surface area (Å²) in [6.45, 7) is 2.15. The number of benzene rings is 2. The molecule has 2 nitrogen and oxygen atoms in total. The average Bonchev–Trinajstić information content (AvgIpc) is 2.96. The predicted octanol–water partition coefficient (Wildman–Crippen LogP) is 4.64. The van der Waals surface area contributed by atoms with E-state index in [4.69, 9.17) is 0 Å². The summed E-state index contributed by atoms with van der Waals surface area (Å²) < 4.78 is 2.29. The van der Waals surface area contributed by atoms with Crippen LogP contribution in [0.5, 0.6) is 0 Å². The quantitative estimate of drug-likeness (QED) is 0.515. The molecule has 2 aromatic carbocycles. The molecular formula is C18H16N2. The Morgan fingerprint density at radius 1 is 0.900 bits per heavy atom. The van der Waals surface area contributed by atoms with Crippen LogP contribution in [0.15, 0.2) is 54.6 Å². The third kappa shape index (κ3) is 1.39. The minimum atomic E-state index is 1.22. The number of hydrogen-bond acceptors (Lipinski definition) is 0. The van der Waals surface area contributed by atoms with Gasteiger partial charge in [0.15, 0.2) is 0 Å². The van der Waals surface area contributed by atoms with E-state index in [2.05, 4.69) is 78.1 Å². The Kier molecular flexibility index (Phi) is 2.27. The number of aromatic amines is 1. The zero-order valence-electron chi connectivity index (χ0n) is 11.6. The number of fused-ring (bicyclic) bond motifs is 3. The number of nitrogens with zero attached hydrogens (tertiary/aromatic N) is 1. The Hall–Kier alpha value is -2.48. The Bertz CT molecular complexity index is 911. The van der Waals surface area contributed by atoms with Gasteiger partial charge in [0, 0.05) is 23.7 Å². The summed E-state index contributed by atoms with van der Waals surface area (Å²) in [5.41, 5.74) is 7.59. The van der Waals surface area contributed by atoms with Gasteiger partial charge in [-0.3, -0.25) is 0 Å². The summed E-state index contributed by atoms with van der Waals surface area (Å²) in [5.74, 6) is 0. The molecule has 0 aliphatic rings. The van der Waals surface area contributed by atoms with Gasteiger partial charge in [-0.1, -0.05) is 48.5 Å². The highest BCUT2D eigenvalue weighted by molar-refractivity contribution is 6.12. The van der Waals surface area contributed by atoms with Gasteiger partial charge in [0.2, 0.25) is 0 Å². The van der Waals surface area contributed by atoms with E-state index in [9.17, 15) is 0 Å². The summed E-state index contributed by atoms with van der Waals surface area (Å²) in [6.07, 6.45) is 0. The van der Waals surface area contributed by atoms with Gasteiger partial charge in [0.25, 0.3) is 0 Å². The lowest BCUT2D eigenvalue weighted by molar-refractivity contribution is 1.02. The molecule has 0 bridgehead atoms. The van der Waals surface area contributed by atoms with E-state index in [1.807, 2.05) is 0 Å². The van der Waals surface area contributed by atoms with Gasteiger partial charge in [-0.25, -0.2) is 0 Å². The fourth-order valence-corrected chi connectivity index (χ4v) is 3.20. The van der Waals surface area contributed by atoms with Crippen LogP contribution in [-0.2, 0) is 7.05 Å². The second kappa shape index (κ2) is 4.01. The third-order valence-corrected chi connectivity index (χ3v) is 4.09. The number of hydrogen-bond donors (Lipinski definition) is 1. The van der Waals surface area contributed by atoms with Gasteiger partial charge in [-0.15, -0.1) is 0 Å². The van der Waals surface area contributed by atoms with Gasteiger partial charge in [-0.2, -0.15) is 0 Å². The zero-order valence-corrected chi connectivity index (χ0v) is 11.6. The number of H-pyrrole nitrogens is 1. The fourth-order valence-electron chi connectivity index (χ4n) is 3.20. The van der Waals surface area contributed by atoms with Crippen molar-refractivity contribution in [1.82, 2.24) is 9.55 Å². The van der Waals surface area contributed by atoms with Gasteiger partial charge in [0.05, 0.1) is 16.6 Å². The van der Waals surface area contributed by atoms with Crippen LogP contribution in [0.4, 0.5) is 0 Å². The second-order valence-corrected chi connectivity index (χ2v) is 5.29. The summed E-state index contributed by atoms with van der Waals surface area (Å²) in [5, 5.41) is 1.29. The highest BCUT2D eigenvalue weighted by atomic mass is 15.0. The molecule has 0 atom stereocenters. The maximum Gasteiger partial charge on any atom is 0.0751 e. The van der Waals surface area contributed by atoms with Gasteiger partial charge >= 0.3 is 0 Å². The van der Waals surface area contributed by atoms with Crippen LogP contribution in [0.1, 0.15) is 5.69 Å². The molecule has 0 aliphatic heterocycles. The van der Waals surface area contributed by atoms with Crippen molar-refractivity contribution in [3.63, 3.8) is 0 Å². The molecule has 1 N–H and O–H groups in total. The van der Waals surface area contributed by atoms with E-state index >= 15 is 0 Å². The molecule has 0 radical (unpaired) electrons. The van der Waals surface area contributed by atoms with Crippen molar-refractivity contribution >= 4 is 21.9 Å². The van der Waals surface area contributed by atoms with E-state index in [1.165, 1.54) is 38.8 Å². The number of aromatic nitrogens is 2. The normalized spacial score (nSPS) is 11.5. The highest BCUT2D eigenvalue weighted by Gasteiger charge is 2.17. The molecule has 0 unspecified atom stereocenters. The standard InChI is InChI=1S/C18H16N2/c1-12-16(13-8-4-3-5-9-13)18-17(19-12)14-10-6-7-11-15(14)20(18)2/h3-11,19H,1-2H3. The molecule has 0 saturated heterocycles. The van der Waals surface area contributed by atoms with Gasteiger partial charge in [0.1, 0.15) is 0 Å². The van der Waals surface area contributed by atoms with Crippen molar-refractivity contribution in [2.24, 2.45) is 7.05 Å². The summed E-state index contributed by atoms with van der Waals surface area (Å²) >= 11 is 0. The lowest BCUT2D eigenvalue weighted by Gasteiger charge is -2.04. The zero-order chi connectivity index (χ0) is 13.7. The Morgan fingerprint density at radius 2 is 1.60 bits per heavy atom. The maximum atomic E-state index is 3.57. The van der Waals surface area contributed by atoms with Crippen molar-refractivity contribution in [2.75, 3.05) is 0 Å². The second-order valence-electron chi connectivity index (χ2n) is 5.29. The summed E-state index contributed by atoms with van der Waals surface area (Å²) in [6, 6.07) is 19.1. The fraction of sp³-hybridized carbons (Fsp3) is 0.111. The molecule has 0 amide bonds. The van der Waals surface area contributed by atoms with Crippen molar-refractivity contribution in [1.29, 1.82) is 0 Å². The molecule has 2 heteroatoms. The Labute approximate surface area is 117 Å². The van der Waals surface area contributed by atoms with Crippen LogP contribution in [0.2, 0.25) is 0 Å². The van der Waals surface area contributed by atoms with E-state index in [-0.39, 0.29) is 0 Å². The first-order valence-electron chi connectivity index (χ1n) is 6.88. The Balaban J connectivity index is 2.19. The molecule has 0 spiro atoms. The molecule has 98 valence electrons. The summed E-state index contributed by atoms with van der Waals surface area (Å²) in [7, 11) is 2.14. The van der Waals surface area contributed by atoms with Crippen LogP contribution in [0.25, 0.3) is 33.1 Å². The smallest absolute Gasteiger partial charge is 0.0751 e. The maximum absolute atomic E-state index is 3.57. The van der Waals surface area contributed by atoms with Crippen molar-refractivity contribution in [3.8, 4) is 11.1 Å². The molecule has 4 rings (SSSR count). The minimum absolute atomic E-state index is 1.22. The van der Waals surface area contributed by atoms with Crippen molar-refractivity contribution in [3.05, 3.63) is 60.3 Å². The number of rotatable bonds is 1. The first-order chi connectivity index (χ1) is 9.77. The van der Waals surface area contributed by atoms with Crippen molar-refractivity contribution < 1.29 is 0 Å². The molecule has 2 aromatic heterocycles. The molecule has 0 saturated carbocycles. The monoisotopic (exact) mass is 260 g/mol. The lowest BCUT2D eigenvalue weighted by atomic mass is 10.1. The molecular weight excluding hydrogens is 244 g/mol. The first kappa shape index (κ1) is 11.4. The summed E-state index contributed by atoms with van der Waals surface area (Å²) in [4.78, 5) is 3.57. The topological polar surface area (TPSA) is 20.7 Å². The number of para-hydroxylation sites is 1. The average molecular weight is 260 g/mol. The predicted molar refractivity (Wildman–Crippen MR) is 84.9 cm³/mol. The van der Waals surface area contributed by atoms with Crippen LogP contribution in [0, 0.1) is 6.92 Å². The molecule has 4 aromatic rings. The van der Waals surface area contributed by atoms with Gasteiger partial charge < -0.3 is 9.55 Å². The highest BCUT2D eigenvalue weighted by Crippen LogP contribution is 2.37. The number of aryl methyl sites for hydroxylation is 2. The Morgan fingerprint density at radius 3 is 2.40 bits per heavy atom. The minimum Gasteiger partial charge on any atom is -0.356 e. The van der Waals surface area contributed by atoms with Crippen LogP contribution in [0.3, 0.4) is 0 Å². The van der Waals surface area contributed by atoms with E-state index in [0.29, 0.717) is 0 Å². The van der Waals surface area contributed by atoms with E-state index in [1.54, 1.807) is 0 Å². The van der Waals surface area contributed by atoms with Gasteiger partial charge in [-0.05, 0) is 18.6 Å². The third-order valence-electron chi connectivity index (χ3n) is 4.09. The molecule has 20 heavy (non-hydrogen) atoms. The largest absolute Gasteiger partial charge is 0.356 e. The van der Waals surface area contributed by atoms with E-state index < -0.39 is 0 Å². The van der Waals surface area contributed by atoms with Crippen molar-refractivity contribution in [2.45, 2.75) is 6.92 Å². The van der Waals surface area contributed by atoms with Crippen LogP contribution >= 0.6 is 0 Å².